The Hall–Kier alpha value is -2.86. The second-order valence-corrected chi connectivity index (χ2v) is 6.89. The van der Waals surface area contributed by atoms with E-state index in [2.05, 4.69) is 4.90 Å². The van der Waals surface area contributed by atoms with E-state index in [9.17, 15) is 9.59 Å². The molecule has 6 nitrogen and oxygen atoms in total. The van der Waals surface area contributed by atoms with E-state index < -0.39 is 5.97 Å². The van der Waals surface area contributed by atoms with Crippen LogP contribution in [0.15, 0.2) is 54.6 Å². The Morgan fingerprint density at radius 3 is 2.15 bits per heavy atom. The normalized spacial score (nSPS) is 14.8. The van der Waals surface area contributed by atoms with Crippen LogP contribution in [0.5, 0.6) is 0 Å². The van der Waals surface area contributed by atoms with Crippen molar-refractivity contribution in [2.75, 3.05) is 33.2 Å². The zero-order chi connectivity index (χ0) is 19.2. The zero-order valence-electron chi connectivity index (χ0n) is 15.5. The van der Waals surface area contributed by atoms with Crippen molar-refractivity contribution in [1.82, 2.24) is 14.7 Å². The summed E-state index contributed by atoms with van der Waals surface area (Å²) < 4.78 is 0. The second-order valence-electron chi connectivity index (χ2n) is 6.89. The Bertz CT molecular complexity index is 769. The summed E-state index contributed by atoms with van der Waals surface area (Å²) in [5, 5.41) is 8.96. The lowest BCUT2D eigenvalue weighted by atomic mass is 10.1. The van der Waals surface area contributed by atoms with Gasteiger partial charge in [0, 0.05) is 46.3 Å². The van der Waals surface area contributed by atoms with E-state index in [1.165, 1.54) is 0 Å². The van der Waals surface area contributed by atoms with Crippen molar-refractivity contribution in [1.29, 1.82) is 0 Å². The number of benzene rings is 2. The molecule has 0 aliphatic carbocycles. The first-order valence-corrected chi connectivity index (χ1v) is 9.11. The average Bonchev–Trinajstić information content (AvgIpc) is 2.69. The van der Waals surface area contributed by atoms with Crippen LogP contribution >= 0.6 is 0 Å². The highest BCUT2D eigenvalue weighted by atomic mass is 16.4. The topological polar surface area (TPSA) is 64.1 Å². The highest BCUT2D eigenvalue weighted by molar-refractivity contribution is 5.87. The van der Waals surface area contributed by atoms with Crippen LogP contribution in [0.4, 0.5) is 4.79 Å². The minimum atomic E-state index is -0.909. The van der Waals surface area contributed by atoms with Gasteiger partial charge in [0.1, 0.15) is 0 Å². The molecule has 0 bridgehead atoms. The van der Waals surface area contributed by atoms with Gasteiger partial charge in [-0.3, -0.25) is 4.90 Å². The molecule has 1 saturated heterocycles. The lowest BCUT2D eigenvalue weighted by molar-refractivity contribution is 0.0697. The fraction of sp³-hybridized carbons (Fsp3) is 0.333. The van der Waals surface area contributed by atoms with Crippen molar-refractivity contribution < 1.29 is 14.7 Å². The largest absolute Gasteiger partial charge is 0.478 e. The van der Waals surface area contributed by atoms with E-state index in [1.807, 2.05) is 54.4 Å². The molecule has 0 saturated carbocycles. The SMILES string of the molecule is CN(Cc1ccccc1)C(=O)N1CCN(Cc2ccc(C(=O)O)cc2)CC1. The van der Waals surface area contributed by atoms with Crippen molar-refractivity contribution in [3.8, 4) is 0 Å². The third-order valence-corrected chi connectivity index (χ3v) is 4.84. The van der Waals surface area contributed by atoms with Crippen LogP contribution in [0, 0.1) is 0 Å². The van der Waals surface area contributed by atoms with Crippen molar-refractivity contribution >= 4 is 12.0 Å². The Balaban J connectivity index is 1.48. The predicted molar refractivity (Wildman–Crippen MR) is 104 cm³/mol. The van der Waals surface area contributed by atoms with Gasteiger partial charge < -0.3 is 14.9 Å². The number of rotatable bonds is 5. The van der Waals surface area contributed by atoms with Gasteiger partial charge in [0.25, 0.3) is 0 Å². The first-order chi connectivity index (χ1) is 13.0. The van der Waals surface area contributed by atoms with Crippen molar-refractivity contribution in [2.24, 2.45) is 0 Å². The Morgan fingerprint density at radius 2 is 1.56 bits per heavy atom. The molecule has 2 aromatic carbocycles. The molecule has 1 N–H and O–H groups in total. The molecule has 1 aliphatic heterocycles. The van der Waals surface area contributed by atoms with Gasteiger partial charge in [-0.2, -0.15) is 0 Å². The monoisotopic (exact) mass is 367 g/mol. The maximum Gasteiger partial charge on any atom is 0.335 e. The highest BCUT2D eigenvalue weighted by Gasteiger charge is 2.23. The fourth-order valence-electron chi connectivity index (χ4n) is 3.27. The average molecular weight is 367 g/mol. The minimum absolute atomic E-state index is 0.0596. The van der Waals surface area contributed by atoms with E-state index >= 15 is 0 Å². The predicted octanol–water partition coefficient (Wildman–Crippen LogP) is 2.75. The molecule has 1 aliphatic rings. The number of urea groups is 1. The van der Waals surface area contributed by atoms with E-state index in [-0.39, 0.29) is 6.03 Å². The summed E-state index contributed by atoms with van der Waals surface area (Å²) in [4.78, 5) is 29.5. The summed E-state index contributed by atoms with van der Waals surface area (Å²) in [6, 6.07) is 17.0. The number of hydrogen-bond acceptors (Lipinski definition) is 3. The molecule has 0 spiro atoms. The Morgan fingerprint density at radius 1 is 0.926 bits per heavy atom. The molecule has 1 heterocycles. The van der Waals surface area contributed by atoms with Gasteiger partial charge in [0.15, 0.2) is 0 Å². The number of nitrogens with zero attached hydrogens (tertiary/aromatic N) is 3. The molecule has 2 amide bonds. The molecule has 6 heteroatoms. The number of carbonyl (C=O) groups is 2. The van der Waals surface area contributed by atoms with Crippen LogP contribution in [-0.4, -0.2) is 65.0 Å². The third-order valence-electron chi connectivity index (χ3n) is 4.84. The number of hydrogen-bond donors (Lipinski definition) is 1. The number of carboxylic acids is 1. The van der Waals surface area contributed by atoms with Gasteiger partial charge in [-0.15, -0.1) is 0 Å². The molecule has 27 heavy (non-hydrogen) atoms. The third kappa shape index (κ3) is 5.08. The van der Waals surface area contributed by atoms with E-state index in [1.54, 1.807) is 17.0 Å². The van der Waals surface area contributed by atoms with Crippen molar-refractivity contribution in [2.45, 2.75) is 13.1 Å². The van der Waals surface area contributed by atoms with Crippen molar-refractivity contribution in [3.63, 3.8) is 0 Å². The maximum absolute atomic E-state index is 12.6. The molecule has 0 atom stereocenters. The molecule has 2 aromatic rings. The van der Waals surface area contributed by atoms with Gasteiger partial charge in [-0.05, 0) is 23.3 Å². The number of aromatic carboxylic acids is 1. The summed E-state index contributed by atoms with van der Waals surface area (Å²) in [6.07, 6.45) is 0. The van der Waals surface area contributed by atoms with Crippen LogP contribution in [0.2, 0.25) is 0 Å². The minimum Gasteiger partial charge on any atom is -0.478 e. The number of piperazine rings is 1. The van der Waals surface area contributed by atoms with Gasteiger partial charge in [0.2, 0.25) is 0 Å². The number of carboxylic acid groups (broad SMARTS) is 1. The lowest BCUT2D eigenvalue weighted by Gasteiger charge is -2.36. The Kier molecular flexibility index (Phi) is 6.08. The van der Waals surface area contributed by atoms with Gasteiger partial charge in [-0.25, -0.2) is 9.59 Å². The number of amides is 2. The van der Waals surface area contributed by atoms with Crippen LogP contribution in [0.25, 0.3) is 0 Å². The summed E-state index contributed by atoms with van der Waals surface area (Å²) >= 11 is 0. The maximum atomic E-state index is 12.6. The van der Waals surface area contributed by atoms with E-state index in [0.717, 1.165) is 30.8 Å². The molecule has 142 valence electrons. The van der Waals surface area contributed by atoms with Crippen LogP contribution < -0.4 is 0 Å². The van der Waals surface area contributed by atoms with Gasteiger partial charge in [0.05, 0.1) is 5.56 Å². The second kappa shape index (κ2) is 8.68. The fourth-order valence-corrected chi connectivity index (χ4v) is 3.27. The highest BCUT2D eigenvalue weighted by Crippen LogP contribution is 2.12. The lowest BCUT2D eigenvalue weighted by Crippen LogP contribution is -2.51. The molecule has 0 radical (unpaired) electrons. The summed E-state index contributed by atoms with van der Waals surface area (Å²) in [6.45, 7) is 4.39. The standard InChI is InChI=1S/C21H25N3O3/c1-22(15-17-5-3-2-4-6-17)21(27)24-13-11-23(12-14-24)16-18-7-9-19(10-8-18)20(25)26/h2-10H,11-16H2,1H3,(H,25,26). The smallest absolute Gasteiger partial charge is 0.335 e. The molecular weight excluding hydrogens is 342 g/mol. The number of carbonyl (C=O) groups excluding carboxylic acids is 1. The van der Waals surface area contributed by atoms with Gasteiger partial charge in [-0.1, -0.05) is 42.5 Å². The Labute approximate surface area is 159 Å². The van der Waals surface area contributed by atoms with Crippen molar-refractivity contribution in [3.05, 3.63) is 71.3 Å². The first-order valence-electron chi connectivity index (χ1n) is 9.11. The molecule has 0 aromatic heterocycles. The molecular formula is C21H25N3O3. The van der Waals surface area contributed by atoms with Gasteiger partial charge >= 0.3 is 12.0 Å². The zero-order valence-corrected chi connectivity index (χ0v) is 15.5. The summed E-state index contributed by atoms with van der Waals surface area (Å²) in [5.74, 6) is -0.909. The molecule has 1 fully saturated rings. The summed E-state index contributed by atoms with van der Waals surface area (Å²) in [7, 11) is 1.84. The molecule has 3 rings (SSSR count). The van der Waals surface area contributed by atoms with E-state index in [0.29, 0.717) is 25.2 Å². The quantitative estimate of drug-likeness (QED) is 0.883. The summed E-state index contributed by atoms with van der Waals surface area (Å²) in [5.41, 5.74) is 2.51. The van der Waals surface area contributed by atoms with E-state index in [4.69, 9.17) is 5.11 Å². The first kappa shape index (κ1) is 18.9. The molecule has 0 unspecified atom stereocenters. The van der Waals surface area contributed by atoms with Crippen LogP contribution in [-0.2, 0) is 13.1 Å². The van der Waals surface area contributed by atoms with Crippen LogP contribution in [0.1, 0.15) is 21.5 Å². The van der Waals surface area contributed by atoms with Crippen LogP contribution in [0.3, 0.4) is 0 Å².